The van der Waals surface area contributed by atoms with Gasteiger partial charge in [-0.1, -0.05) is 12.1 Å². The molecular formula is C17H19FN2O3. The molecule has 0 saturated heterocycles. The van der Waals surface area contributed by atoms with Crippen LogP contribution >= 0.6 is 0 Å². The van der Waals surface area contributed by atoms with Gasteiger partial charge in [-0.3, -0.25) is 9.48 Å². The summed E-state index contributed by atoms with van der Waals surface area (Å²) in [6, 6.07) is 6.19. The zero-order chi connectivity index (χ0) is 16.4. The van der Waals surface area contributed by atoms with Gasteiger partial charge in [-0.2, -0.15) is 5.10 Å². The van der Waals surface area contributed by atoms with Crippen molar-refractivity contribution in [1.29, 1.82) is 0 Å². The van der Waals surface area contributed by atoms with E-state index in [2.05, 4.69) is 5.10 Å². The molecule has 1 atom stereocenters. The van der Waals surface area contributed by atoms with Crippen LogP contribution in [0.25, 0.3) is 11.3 Å². The number of aliphatic carboxylic acids is 1. The fourth-order valence-corrected chi connectivity index (χ4v) is 3.41. The molecule has 1 aromatic carbocycles. The molecule has 23 heavy (non-hydrogen) atoms. The second kappa shape index (κ2) is 6.50. The van der Waals surface area contributed by atoms with Crippen LogP contribution in [-0.2, 0) is 17.8 Å². The van der Waals surface area contributed by atoms with Gasteiger partial charge < -0.3 is 10.2 Å². The van der Waals surface area contributed by atoms with Crippen LogP contribution in [0, 0.1) is 5.82 Å². The van der Waals surface area contributed by atoms with Crippen LogP contribution in [0.2, 0.25) is 0 Å². The number of hydrogen-bond acceptors (Lipinski definition) is 3. The van der Waals surface area contributed by atoms with Gasteiger partial charge in [0.2, 0.25) is 0 Å². The Morgan fingerprint density at radius 3 is 2.96 bits per heavy atom. The Hall–Kier alpha value is -2.21. The number of aliphatic hydroxyl groups is 1. The van der Waals surface area contributed by atoms with Crippen molar-refractivity contribution in [3.63, 3.8) is 0 Å². The number of halogens is 1. The van der Waals surface area contributed by atoms with E-state index in [9.17, 15) is 19.4 Å². The summed E-state index contributed by atoms with van der Waals surface area (Å²) < 4.78 is 15.3. The molecule has 1 aromatic heterocycles. The van der Waals surface area contributed by atoms with Crippen molar-refractivity contribution in [1.82, 2.24) is 9.78 Å². The molecule has 1 aliphatic carbocycles. The third-order valence-electron chi connectivity index (χ3n) is 4.30. The molecule has 0 spiro atoms. The summed E-state index contributed by atoms with van der Waals surface area (Å²) in [5.41, 5.74) is 3.16. The number of aliphatic hydroxyl groups excluding tert-OH is 1. The molecule has 0 radical (unpaired) electrons. The minimum atomic E-state index is -0.844. The van der Waals surface area contributed by atoms with E-state index in [0.29, 0.717) is 17.8 Å². The zero-order valence-electron chi connectivity index (χ0n) is 12.7. The Morgan fingerprint density at radius 2 is 2.26 bits per heavy atom. The molecule has 5 nitrogen and oxygen atoms in total. The van der Waals surface area contributed by atoms with Crippen LogP contribution in [0.3, 0.4) is 0 Å². The Balaban J connectivity index is 2.13. The van der Waals surface area contributed by atoms with Crippen LogP contribution in [0.15, 0.2) is 24.3 Å². The number of benzene rings is 1. The van der Waals surface area contributed by atoms with E-state index in [4.69, 9.17) is 0 Å². The third-order valence-corrected chi connectivity index (χ3v) is 4.30. The minimum Gasteiger partial charge on any atom is -0.481 e. The van der Waals surface area contributed by atoms with Crippen molar-refractivity contribution in [2.24, 2.45) is 0 Å². The van der Waals surface area contributed by atoms with Crippen molar-refractivity contribution >= 4 is 5.97 Å². The van der Waals surface area contributed by atoms with Crippen molar-refractivity contribution in [2.75, 3.05) is 6.61 Å². The number of nitrogens with zero attached hydrogens (tertiary/aromatic N) is 2. The third kappa shape index (κ3) is 3.12. The summed E-state index contributed by atoms with van der Waals surface area (Å²) in [6.45, 7) is 0.317. The lowest BCUT2D eigenvalue weighted by molar-refractivity contribution is -0.137. The molecule has 0 amide bonds. The SMILES string of the molecule is O=C(O)CC1CCCc2c1c(-c1cccc(F)c1)nn2CCO. The maximum Gasteiger partial charge on any atom is 0.303 e. The van der Waals surface area contributed by atoms with E-state index in [1.165, 1.54) is 12.1 Å². The van der Waals surface area contributed by atoms with Crippen LogP contribution in [0.4, 0.5) is 4.39 Å². The number of carboxylic acid groups (broad SMARTS) is 1. The second-order valence-electron chi connectivity index (χ2n) is 5.85. The average Bonchev–Trinajstić information content (AvgIpc) is 2.87. The smallest absolute Gasteiger partial charge is 0.303 e. The predicted octanol–water partition coefficient (Wildman–Crippen LogP) is 2.58. The normalized spacial score (nSPS) is 17.0. The number of fused-ring (bicyclic) bond motifs is 1. The molecule has 2 N–H and O–H groups in total. The molecule has 0 fully saturated rings. The molecule has 1 heterocycles. The number of rotatable bonds is 5. The van der Waals surface area contributed by atoms with Crippen molar-refractivity contribution in [3.05, 3.63) is 41.3 Å². The summed E-state index contributed by atoms with van der Waals surface area (Å²) in [7, 11) is 0. The highest BCUT2D eigenvalue weighted by Crippen LogP contribution is 2.40. The van der Waals surface area contributed by atoms with Crippen LogP contribution in [0.1, 0.15) is 36.4 Å². The van der Waals surface area contributed by atoms with Gasteiger partial charge in [0.1, 0.15) is 5.82 Å². The Kier molecular flexibility index (Phi) is 4.43. The van der Waals surface area contributed by atoms with Crippen LogP contribution in [0.5, 0.6) is 0 Å². The quantitative estimate of drug-likeness (QED) is 0.888. The second-order valence-corrected chi connectivity index (χ2v) is 5.85. The minimum absolute atomic E-state index is 0.0414. The summed E-state index contributed by atoms with van der Waals surface area (Å²) in [6.07, 6.45) is 2.52. The number of aromatic nitrogens is 2. The highest BCUT2D eigenvalue weighted by Gasteiger charge is 2.30. The summed E-state index contributed by atoms with van der Waals surface area (Å²) in [5.74, 6) is -1.32. The Labute approximate surface area is 133 Å². The lowest BCUT2D eigenvalue weighted by Crippen LogP contribution is -2.16. The Morgan fingerprint density at radius 1 is 1.43 bits per heavy atom. The number of carbonyl (C=O) groups is 1. The molecular weight excluding hydrogens is 299 g/mol. The van der Waals surface area contributed by atoms with E-state index in [1.807, 2.05) is 0 Å². The standard InChI is InChI=1S/C17H19FN2O3/c18-13-5-1-4-12(9-13)17-16-11(10-15(22)23)3-2-6-14(16)20(19-17)7-8-21/h1,4-5,9,11,21H,2-3,6-8,10H2,(H,22,23). The first-order valence-corrected chi connectivity index (χ1v) is 7.78. The van der Waals surface area contributed by atoms with Crippen molar-refractivity contribution < 1.29 is 19.4 Å². The maximum absolute atomic E-state index is 13.6. The van der Waals surface area contributed by atoms with E-state index in [-0.39, 0.29) is 24.8 Å². The van der Waals surface area contributed by atoms with Gasteiger partial charge in [0.25, 0.3) is 0 Å². The summed E-state index contributed by atoms with van der Waals surface area (Å²) in [5, 5.41) is 23.0. The van der Waals surface area contributed by atoms with Crippen molar-refractivity contribution in [3.8, 4) is 11.3 Å². The topological polar surface area (TPSA) is 75.3 Å². The molecule has 1 aliphatic rings. The number of hydrogen-bond donors (Lipinski definition) is 2. The summed E-state index contributed by atoms with van der Waals surface area (Å²) in [4.78, 5) is 11.2. The summed E-state index contributed by atoms with van der Waals surface area (Å²) >= 11 is 0. The highest BCUT2D eigenvalue weighted by atomic mass is 19.1. The average molecular weight is 318 g/mol. The largest absolute Gasteiger partial charge is 0.481 e. The fraction of sp³-hybridized carbons (Fsp3) is 0.412. The lowest BCUT2D eigenvalue weighted by atomic mass is 9.82. The molecule has 0 saturated carbocycles. The molecule has 0 bridgehead atoms. The molecule has 3 rings (SSSR count). The van der Waals surface area contributed by atoms with Gasteiger partial charge in [0.05, 0.1) is 25.3 Å². The molecule has 6 heteroatoms. The van der Waals surface area contributed by atoms with E-state index < -0.39 is 5.97 Å². The predicted molar refractivity (Wildman–Crippen MR) is 82.6 cm³/mol. The van der Waals surface area contributed by atoms with Crippen molar-refractivity contribution in [2.45, 2.75) is 38.1 Å². The monoisotopic (exact) mass is 318 g/mol. The molecule has 0 aliphatic heterocycles. The van der Waals surface area contributed by atoms with E-state index in [1.54, 1.807) is 16.8 Å². The first kappa shape index (κ1) is 15.7. The molecule has 122 valence electrons. The highest BCUT2D eigenvalue weighted by molar-refractivity contribution is 5.71. The molecule has 2 aromatic rings. The van der Waals surface area contributed by atoms with E-state index >= 15 is 0 Å². The van der Waals surface area contributed by atoms with Crippen LogP contribution < -0.4 is 0 Å². The Bertz CT molecular complexity index is 727. The van der Waals surface area contributed by atoms with Gasteiger partial charge >= 0.3 is 5.97 Å². The van der Waals surface area contributed by atoms with Gasteiger partial charge in [-0.15, -0.1) is 0 Å². The lowest BCUT2D eigenvalue weighted by Gasteiger charge is -2.23. The number of carboxylic acids is 1. The zero-order valence-corrected chi connectivity index (χ0v) is 12.7. The fourth-order valence-electron chi connectivity index (χ4n) is 3.41. The van der Waals surface area contributed by atoms with Crippen LogP contribution in [-0.4, -0.2) is 32.6 Å². The van der Waals surface area contributed by atoms with Gasteiger partial charge in [-0.05, 0) is 37.3 Å². The van der Waals surface area contributed by atoms with Gasteiger partial charge in [0.15, 0.2) is 0 Å². The van der Waals surface area contributed by atoms with Gasteiger partial charge in [-0.25, -0.2) is 4.39 Å². The van der Waals surface area contributed by atoms with Gasteiger partial charge in [0, 0.05) is 16.8 Å². The first-order chi connectivity index (χ1) is 11.1. The van der Waals surface area contributed by atoms with E-state index in [0.717, 1.165) is 30.5 Å². The first-order valence-electron chi connectivity index (χ1n) is 7.78. The molecule has 1 unspecified atom stereocenters. The maximum atomic E-state index is 13.6.